The van der Waals surface area contributed by atoms with E-state index in [0.29, 0.717) is 36.4 Å². The van der Waals surface area contributed by atoms with E-state index in [1.165, 1.54) is 0 Å². The van der Waals surface area contributed by atoms with Gasteiger partial charge in [0, 0.05) is 42.4 Å². The minimum absolute atomic E-state index is 0. The molecule has 32 heavy (non-hydrogen) atoms. The summed E-state index contributed by atoms with van der Waals surface area (Å²) < 4.78 is 7.46. The van der Waals surface area contributed by atoms with Gasteiger partial charge in [-0.1, -0.05) is 24.3 Å². The Labute approximate surface area is 194 Å². The molecule has 0 radical (unpaired) electrons. The Balaban J connectivity index is 0.00000245. The van der Waals surface area contributed by atoms with Crippen LogP contribution in [0.5, 0.6) is 0 Å². The molecule has 2 aromatic heterocycles. The van der Waals surface area contributed by atoms with Crippen molar-refractivity contribution in [3.05, 3.63) is 52.4 Å². The molecule has 0 saturated carbocycles. The number of anilines is 1. The van der Waals surface area contributed by atoms with Crippen LogP contribution < -0.4 is 16.2 Å². The lowest BCUT2D eigenvalue weighted by Gasteiger charge is -2.27. The number of nitrogens with one attached hydrogen (secondary N) is 2. The zero-order chi connectivity index (χ0) is 21.2. The smallest absolute Gasteiger partial charge is 0.260 e. The molecule has 2 saturated heterocycles. The van der Waals surface area contributed by atoms with Crippen molar-refractivity contribution in [2.45, 2.75) is 44.7 Å². The number of ether oxygens (including phenoxy) is 1. The van der Waals surface area contributed by atoms with Crippen LogP contribution in [0.4, 0.5) is 5.95 Å². The fourth-order valence-corrected chi connectivity index (χ4v) is 4.69. The molecule has 2 fully saturated rings. The second-order valence-electron chi connectivity index (χ2n) is 8.53. The molecule has 0 spiro atoms. The number of piperidine rings is 1. The van der Waals surface area contributed by atoms with Crippen LogP contribution >= 0.6 is 12.4 Å². The molecule has 7 nitrogen and oxygen atoms in total. The van der Waals surface area contributed by atoms with Crippen LogP contribution in [0.15, 0.2) is 41.3 Å². The van der Waals surface area contributed by atoms with E-state index >= 15 is 0 Å². The lowest BCUT2D eigenvalue weighted by Crippen LogP contribution is -2.36. The van der Waals surface area contributed by atoms with Crippen molar-refractivity contribution in [1.82, 2.24) is 19.9 Å². The molecule has 0 unspecified atom stereocenters. The van der Waals surface area contributed by atoms with E-state index in [2.05, 4.69) is 15.6 Å². The number of pyridine rings is 1. The number of fused-ring (bicyclic) bond motifs is 1. The SMILES string of the molecule is Cc1ccccc1-c1cc2cnc(NC3CCNCC3)nc2n(C2CCOCC2)c1=O.Cl. The van der Waals surface area contributed by atoms with Crippen molar-refractivity contribution in [2.24, 2.45) is 0 Å². The summed E-state index contributed by atoms with van der Waals surface area (Å²) in [5.41, 5.74) is 3.48. The highest BCUT2D eigenvalue weighted by Gasteiger charge is 2.23. The largest absolute Gasteiger partial charge is 0.381 e. The van der Waals surface area contributed by atoms with Gasteiger partial charge in [0.05, 0.1) is 0 Å². The Hall–Kier alpha value is -2.48. The van der Waals surface area contributed by atoms with Crippen molar-refractivity contribution in [1.29, 1.82) is 0 Å². The number of halogens is 1. The van der Waals surface area contributed by atoms with Crippen LogP contribution in [0.3, 0.4) is 0 Å². The van der Waals surface area contributed by atoms with Gasteiger partial charge >= 0.3 is 0 Å². The van der Waals surface area contributed by atoms with E-state index in [-0.39, 0.29) is 24.0 Å². The maximum atomic E-state index is 13.8. The van der Waals surface area contributed by atoms with Gasteiger partial charge in [0.15, 0.2) is 0 Å². The van der Waals surface area contributed by atoms with Crippen LogP contribution in [0.2, 0.25) is 0 Å². The highest BCUT2D eigenvalue weighted by molar-refractivity contribution is 5.85. The average Bonchev–Trinajstić information content (AvgIpc) is 2.80. The summed E-state index contributed by atoms with van der Waals surface area (Å²) in [7, 11) is 0. The third-order valence-corrected chi connectivity index (χ3v) is 6.44. The number of benzene rings is 1. The van der Waals surface area contributed by atoms with Gasteiger partial charge in [0.25, 0.3) is 5.56 Å². The second-order valence-corrected chi connectivity index (χ2v) is 8.53. The molecule has 0 amide bonds. The average molecular weight is 456 g/mol. The number of hydrogen-bond acceptors (Lipinski definition) is 6. The molecule has 5 rings (SSSR count). The van der Waals surface area contributed by atoms with Gasteiger partial charge in [-0.25, -0.2) is 4.98 Å². The first-order valence-electron chi connectivity index (χ1n) is 11.2. The molecular formula is C24H30ClN5O2. The Morgan fingerprint density at radius 3 is 2.59 bits per heavy atom. The summed E-state index contributed by atoms with van der Waals surface area (Å²) in [5, 5.41) is 7.74. The molecule has 1 aromatic carbocycles. The predicted octanol–water partition coefficient (Wildman–Crippen LogP) is 3.70. The maximum absolute atomic E-state index is 13.8. The number of aryl methyl sites for hydroxylation is 1. The normalized spacial score (nSPS) is 17.8. The first-order chi connectivity index (χ1) is 15.2. The Kier molecular flexibility index (Phi) is 7.08. The van der Waals surface area contributed by atoms with E-state index in [4.69, 9.17) is 9.72 Å². The lowest BCUT2D eigenvalue weighted by atomic mass is 10.00. The highest BCUT2D eigenvalue weighted by atomic mass is 35.5. The summed E-state index contributed by atoms with van der Waals surface area (Å²) in [4.78, 5) is 23.2. The summed E-state index contributed by atoms with van der Waals surface area (Å²) in [6, 6.07) is 10.4. The number of hydrogen-bond donors (Lipinski definition) is 2. The zero-order valence-corrected chi connectivity index (χ0v) is 19.2. The van der Waals surface area contributed by atoms with E-state index in [1.807, 2.05) is 48.0 Å². The molecule has 170 valence electrons. The van der Waals surface area contributed by atoms with Crippen molar-refractivity contribution in [2.75, 3.05) is 31.6 Å². The number of rotatable bonds is 4. The molecular weight excluding hydrogens is 426 g/mol. The summed E-state index contributed by atoms with van der Waals surface area (Å²) in [6.45, 7) is 5.37. The molecule has 2 aliphatic heterocycles. The molecule has 2 aliphatic rings. The van der Waals surface area contributed by atoms with E-state index < -0.39 is 0 Å². The third-order valence-electron chi connectivity index (χ3n) is 6.44. The molecule has 8 heteroatoms. The van der Waals surface area contributed by atoms with Gasteiger partial charge in [0.2, 0.25) is 5.95 Å². The minimum atomic E-state index is 0. The van der Waals surface area contributed by atoms with Gasteiger partial charge < -0.3 is 15.4 Å². The molecule has 3 aromatic rings. The highest BCUT2D eigenvalue weighted by Crippen LogP contribution is 2.28. The number of aromatic nitrogens is 3. The quantitative estimate of drug-likeness (QED) is 0.624. The van der Waals surface area contributed by atoms with E-state index in [9.17, 15) is 4.79 Å². The molecule has 4 heterocycles. The standard InChI is InChI=1S/C24H29N5O2.ClH/c1-16-4-2-3-5-20(16)21-14-17-15-26-24(27-18-6-10-25-11-7-18)28-22(17)29(23(21)30)19-8-12-31-13-9-19;/h2-5,14-15,18-19,25H,6-13H2,1H3,(H,26,27,28);1H. The summed E-state index contributed by atoms with van der Waals surface area (Å²) >= 11 is 0. The first kappa shape index (κ1) is 22.7. The van der Waals surface area contributed by atoms with Gasteiger partial charge in [-0.15, -0.1) is 12.4 Å². The predicted molar refractivity (Wildman–Crippen MR) is 130 cm³/mol. The van der Waals surface area contributed by atoms with Crippen LogP contribution in [0, 0.1) is 6.92 Å². The van der Waals surface area contributed by atoms with Crippen LogP contribution in [-0.4, -0.2) is 46.9 Å². The fraction of sp³-hybridized carbons (Fsp3) is 0.458. The Morgan fingerprint density at radius 1 is 1.09 bits per heavy atom. The summed E-state index contributed by atoms with van der Waals surface area (Å²) in [6.07, 6.45) is 5.56. The van der Waals surface area contributed by atoms with Crippen molar-refractivity contribution in [3.8, 4) is 11.1 Å². The molecule has 0 atom stereocenters. The van der Waals surface area contributed by atoms with Crippen molar-refractivity contribution in [3.63, 3.8) is 0 Å². The molecule has 0 bridgehead atoms. The van der Waals surface area contributed by atoms with Gasteiger partial charge in [0.1, 0.15) is 5.65 Å². The maximum Gasteiger partial charge on any atom is 0.260 e. The van der Waals surface area contributed by atoms with Gasteiger partial charge in [-0.2, -0.15) is 4.98 Å². The van der Waals surface area contributed by atoms with Crippen LogP contribution in [-0.2, 0) is 4.74 Å². The Morgan fingerprint density at radius 2 is 1.84 bits per heavy atom. The Bertz CT molecular complexity index is 1140. The minimum Gasteiger partial charge on any atom is -0.381 e. The monoisotopic (exact) mass is 455 g/mol. The summed E-state index contributed by atoms with van der Waals surface area (Å²) in [5.74, 6) is 0.600. The van der Waals surface area contributed by atoms with E-state index in [1.54, 1.807) is 0 Å². The van der Waals surface area contributed by atoms with Gasteiger partial charge in [-0.05, 0) is 62.9 Å². The topological polar surface area (TPSA) is 81.1 Å². The molecule has 2 N–H and O–H groups in total. The lowest BCUT2D eigenvalue weighted by molar-refractivity contribution is 0.0697. The van der Waals surface area contributed by atoms with E-state index in [0.717, 1.165) is 55.3 Å². The van der Waals surface area contributed by atoms with Gasteiger partial charge in [-0.3, -0.25) is 9.36 Å². The van der Waals surface area contributed by atoms with Crippen molar-refractivity contribution >= 4 is 29.4 Å². The van der Waals surface area contributed by atoms with Crippen LogP contribution in [0.1, 0.15) is 37.3 Å². The third kappa shape index (κ3) is 4.51. The number of nitrogens with zero attached hydrogens (tertiary/aromatic N) is 3. The molecule has 0 aliphatic carbocycles. The fourth-order valence-electron chi connectivity index (χ4n) is 4.69. The van der Waals surface area contributed by atoms with Crippen LogP contribution in [0.25, 0.3) is 22.2 Å². The second kappa shape index (κ2) is 9.98. The first-order valence-corrected chi connectivity index (χ1v) is 11.2. The zero-order valence-electron chi connectivity index (χ0n) is 18.3. The van der Waals surface area contributed by atoms with Crippen molar-refractivity contribution < 1.29 is 4.74 Å².